The number of carbonyl (C=O) groups is 1. The Balaban J connectivity index is 1.29. The molecule has 1 aliphatic rings. The minimum absolute atomic E-state index is 0.0524. The maximum Gasteiger partial charge on any atom is 0.224 e. The Morgan fingerprint density at radius 1 is 1.32 bits per heavy atom. The average Bonchev–Trinajstić information content (AvgIpc) is 3.47. The molecule has 2 atom stereocenters. The van der Waals surface area contributed by atoms with Gasteiger partial charge in [-0.1, -0.05) is 29.0 Å². The number of carbonyl (C=O) groups excluding carboxylic acids is 1. The van der Waals surface area contributed by atoms with Gasteiger partial charge in [0.1, 0.15) is 5.82 Å². The van der Waals surface area contributed by atoms with E-state index in [1.807, 2.05) is 23.1 Å². The molecule has 3 heterocycles. The smallest absolute Gasteiger partial charge is 0.224 e. The van der Waals surface area contributed by atoms with Crippen LogP contribution in [0, 0.1) is 5.82 Å². The molecule has 10 heteroatoms. The molecule has 1 saturated heterocycles. The summed E-state index contributed by atoms with van der Waals surface area (Å²) in [4.78, 5) is 19.5. The fraction of sp³-hybridized carbons (Fsp3) is 0.429. The number of methoxy groups -OCH3 is 1. The number of amides is 1. The first kappa shape index (κ1) is 26.9. The maximum absolute atomic E-state index is 14.7. The van der Waals surface area contributed by atoms with Crippen molar-refractivity contribution in [3.8, 4) is 0 Å². The van der Waals surface area contributed by atoms with Crippen molar-refractivity contribution in [3.63, 3.8) is 0 Å². The molecule has 0 spiro atoms. The Labute approximate surface area is 230 Å². The first-order valence-corrected chi connectivity index (χ1v) is 14.2. The number of likely N-dealkylation sites (tertiary alicyclic amines) is 1. The summed E-state index contributed by atoms with van der Waals surface area (Å²) in [6.07, 6.45) is 3.46. The van der Waals surface area contributed by atoms with Crippen LogP contribution in [0.2, 0.25) is 5.02 Å². The lowest BCUT2D eigenvalue weighted by molar-refractivity contribution is -0.132. The van der Waals surface area contributed by atoms with Gasteiger partial charge in [-0.15, -0.1) is 0 Å². The van der Waals surface area contributed by atoms with Gasteiger partial charge in [0.05, 0.1) is 20.8 Å². The number of nitrogen functional groups attached to an aromatic ring is 1. The lowest BCUT2D eigenvalue weighted by atomic mass is 9.93. The molecule has 0 aliphatic carbocycles. The summed E-state index contributed by atoms with van der Waals surface area (Å²) in [6.45, 7) is 2.55. The fourth-order valence-electron chi connectivity index (χ4n) is 5.56. The summed E-state index contributed by atoms with van der Waals surface area (Å²) in [7, 11) is 1.67. The number of thiazole rings is 1. The molecule has 0 saturated carbocycles. The number of ether oxygens (including phenoxy) is 1. The van der Waals surface area contributed by atoms with Crippen LogP contribution in [0.15, 0.2) is 36.4 Å². The first-order chi connectivity index (χ1) is 18.3. The molecule has 4 N–H and O–H groups in total. The molecule has 1 unspecified atom stereocenters. The van der Waals surface area contributed by atoms with E-state index in [1.54, 1.807) is 13.2 Å². The molecular weight excluding hydrogens is 525 g/mol. The van der Waals surface area contributed by atoms with E-state index in [4.69, 9.17) is 27.8 Å². The number of halogens is 2. The highest BCUT2D eigenvalue weighted by Gasteiger charge is 2.29. The number of nitrogens with two attached hydrogens (primary N) is 2. The van der Waals surface area contributed by atoms with E-state index >= 15 is 0 Å². The summed E-state index contributed by atoms with van der Waals surface area (Å²) in [5.41, 5.74) is 15.9. The predicted molar refractivity (Wildman–Crippen MR) is 152 cm³/mol. The van der Waals surface area contributed by atoms with Crippen LogP contribution in [0.25, 0.3) is 21.1 Å². The van der Waals surface area contributed by atoms with Gasteiger partial charge in [-0.25, -0.2) is 9.37 Å². The molecule has 0 bridgehead atoms. The monoisotopic (exact) mass is 557 g/mol. The van der Waals surface area contributed by atoms with E-state index in [9.17, 15) is 9.18 Å². The molecule has 2 aromatic heterocycles. The van der Waals surface area contributed by atoms with Crippen LogP contribution in [-0.2, 0) is 22.5 Å². The van der Waals surface area contributed by atoms with Gasteiger partial charge in [-0.05, 0) is 61.6 Å². The average molecular weight is 558 g/mol. The van der Waals surface area contributed by atoms with E-state index in [0.717, 1.165) is 40.7 Å². The molecule has 7 nitrogen and oxygen atoms in total. The number of hydrogen-bond donors (Lipinski definition) is 2. The summed E-state index contributed by atoms with van der Waals surface area (Å²) < 4.78 is 23.1. The van der Waals surface area contributed by atoms with E-state index in [-0.39, 0.29) is 30.1 Å². The molecule has 0 radical (unpaired) electrons. The Morgan fingerprint density at radius 3 is 2.97 bits per heavy atom. The van der Waals surface area contributed by atoms with Crippen LogP contribution in [0.4, 0.5) is 9.52 Å². The largest absolute Gasteiger partial charge is 0.385 e. The summed E-state index contributed by atoms with van der Waals surface area (Å²) in [6, 6.07) is 10.6. The zero-order valence-electron chi connectivity index (χ0n) is 21.5. The highest BCUT2D eigenvalue weighted by atomic mass is 35.5. The normalized spacial score (nSPS) is 16.9. The van der Waals surface area contributed by atoms with Crippen LogP contribution in [0.3, 0.4) is 0 Å². The summed E-state index contributed by atoms with van der Waals surface area (Å²) >= 11 is 7.98. The third kappa shape index (κ3) is 5.66. The van der Waals surface area contributed by atoms with E-state index < -0.39 is 0 Å². The summed E-state index contributed by atoms with van der Waals surface area (Å²) in [5, 5.41) is 1.59. The number of nitrogens with zero attached hydrogens (tertiary/aromatic N) is 3. The lowest BCUT2D eigenvalue weighted by Gasteiger charge is -2.34. The van der Waals surface area contributed by atoms with Gasteiger partial charge in [0.25, 0.3) is 0 Å². The quantitative estimate of drug-likeness (QED) is 0.271. The van der Waals surface area contributed by atoms with Crippen LogP contribution < -0.4 is 11.5 Å². The molecule has 202 valence electrons. The molecule has 4 aromatic rings. The maximum atomic E-state index is 14.7. The van der Waals surface area contributed by atoms with Crippen LogP contribution in [-0.4, -0.2) is 53.2 Å². The second-order valence-electron chi connectivity index (χ2n) is 10.1. The molecule has 2 aromatic carbocycles. The van der Waals surface area contributed by atoms with Gasteiger partial charge in [-0.2, -0.15) is 0 Å². The number of benzene rings is 2. The van der Waals surface area contributed by atoms with E-state index in [1.165, 1.54) is 17.4 Å². The van der Waals surface area contributed by atoms with Gasteiger partial charge in [0.15, 0.2) is 5.13 Å². The zero-order chi connectivity index (χ0) is 26.8. The van der Waals surface area contributed by atoms with Crippen molar-refractivity contribution in [2.75, 3.05) is 32.5 Å². The lowest BCUT2D eigenvalue weighted by Crippen LogP contribution is -2.42. The predicted octanol–water partition coefficient (Wildman–Crippen LogP) is 5.33. The molecule has 38 heavy (non-hydrogen) atoms. The number of aromatic nitrogens is 2. The minimum atomic E-state index is -0.293. The molecular formula is C28H33ClFN5O2S. The minimum Gasteiger partial charge on any atom is -0.385 e. The number of anilines is 1. The summed E-state index contributed by atoms with van der Waals surface area (Å²) in [5.74, 6) is -0.143. The second-order valence-corrected chi connectivity index (χ2v) is 11.5. The van der Waals surface area contributed by atoms with Gasteiger partial charge in [0, 0.05) is 62.8 Å². The van der Waals surface area contributed by atoms with Crippen molar-refractivity contribution in [2.45, 2.75) is 50.6 Å². The molecule has 1 aliphatic heterocycles. The Morgan fingerprint density at radius 2 is 2.16 bits per heavy atom. The standard InChI is InChI=1S/C28H33ClFN5O2S/c1-37-11-3-10-35-24(15-20-22(30)7-6-21(29)27(20)35)18-4-2-9-34(16-18)26(36)14-19(31)12-17-5-8-23-25(13-17)38-28(32)33-23/h5-8,13,15,18-19H,2-4,9-12,14,16,31H2,1H3,(H2,32,33)/t18?,19-/m1/s1. The highest BCUT2D eigenvalue weighted by Crippen LogP contribution is 2.36. The third-order valence-electron chi connectivity index (χ3n) is 7.32. The number of fused-ring (bicyclic) bond motifs is 2. The topological polar surface area (TPSA) is 99.4 Å². The zero-order valence-corrected chi connectivity index (χ0v) is 23.0. The van der Waals surface area contributed by atoms with Crippen LogP contribution >= 0.6 is 22.9 Å². The second kappa shape index (κ2) is 11.6. The highest BCUT2D eigenvalue weighted by molar-refractivity contribution is 7.22. The molecule has 5 rings (SSSR count). The van der Waals surface area contributed by atoms with Crippen LogP contribution in [0.1, 0.15) is 42.9 Å². The van der Waals surface area contributed by atoms with Crippen molar-refractivity contribution >= 4 is 55.1 Å². The number of piperidine rings is 1. The van der Waals surface area contributed by atoms with Crippen molar-refractivity contribution in [1.82, 2.24) is 14.5 Å². The first-order valence-electron chi connectivity index (χ1n) is 13.0. The van der Waals surface area contributed by atoms with Gasteiger partial charge >= 0.3 is 0 Å². The number of hydrogen-bond acceptors (Lipinski definition) is 6. The number of aryl methyl sites for hydroxylation is 1. The fourth-order valence-corrected chi connectivity index (χ4v) is 6.62. The van der Waals surface area contributed by atoms with Gasteiger partial charge in [0.2, 0.25) is 5.91 Å². The van der Waals surface area contributed by atoms with Crippen molar-refractivity contribution in [3.05, 3.63) is 58.5 Å². The molecule has 1 amide bonds. The van der Waals surface area contributed by atoms with Crippen LogP contribution in [0.5, 0.6) is 0 Å². The van der Waals surface area contributed by atoms with E-state index in [0.29, 0.717) is 53.7 Å². The van der Waals surface area contributed by atoms with Gasteiger partial charge < -0.3 is 25.7 Å². The van der Waals surface area contributed by atoms with Crippen molar-refractivity contribution in [1.29, 1.82) is 0 Å². The SMILES string of the molecule is COCCCn1c(C2CCCN(C(=O)C[C@H](N)Cc3ccc4nc(N)sc4c3)C2)cc2c(F)ccc(Cl)c21. The van der Waals surface area contributed by atoms with Crippen molar-refractivity contribution in [2.24, 2.45) is 5.73 Å². The number of rotatable bonds is 9. The Hall–Kier alpha value is -2.72. The van der Waals surface area contributed by atoms with Gasteiger partial charge in [-0.3, -0.25) is 4.79 Å². The third-order valence-corrected chi connectivity index (χ3v) is 8.47. The Bertz CT molecular complexity index is 1450. The molecule has 1 fully saturated rings. The van der Waals surface area contributed by atoms with Crippen molar-refractivity contribution < 1.29 is 13.9 Å². The van der Waals surface area contributed by atoms with E-state index in [2.05, 4.69) is 15.6 Å². The Kier molecular flexibility index (Phi) is 8.18.